The maximum absolute atomic E-state index is 13.7. The van der Waals surface area contributed by atoms with Gasteiger partial charge in [0, 0.05) is 31.5 Å². The van der Waals surface area contributed by atoms with Gasteiger partial charge in [-0.1, -0.05) is 38.8 Å². The lowest BCUT2D eigenvalue weighted by molar-refractivity contribution is -0.166. The molecule has 5 nitrogen and oxygen atoms in total. The summed E-state index contributed by atoms with van der Waals surface area (Å²) in [4.78, 5) is 26.1. The van der Waals surface area contributed by atoms with Crippen molar-refractivity contribution in [3.8, 4) is 0 Å². The smallest absolute Gasteiger partial charge is 0.311 e. The first-order valence-electron chi connectivity index (χ1n) is 18.6. The highest BCUT2D eigenvalue weighted by molar-refractivity contribution is 5.76. The monoisotopic (exact) mass is 436 g/mol. The van der Waals surface area contributed by atoms with Gasteiger partial charge in [-0.3, -0.25) is 9.59 Å². The zero-order valence-electron chi connectivity index (χ0n) is 35.0. The topological polar surface area (TPSA) is 72.8 Å². The number of fused-ring (bicyclic) bond motifs is 1. The molecule has 0 aromatic heterocycles. The highest BCUT2D eigenvalue weighted by Crippen LogP contribution is 2.45. The van der Waals surface area contributed by atoms with Gasteiger partial charge in [0.2, 0.25) is 1.43 Å². The van der Waals surface area contributed by atoms with Crippen LogP contribution in [0.1, 0.15) is 96.2 Å². The standard InChI is InChI=1S/C25H38O5/c1-6-25(4,5)24(28)30-21-12-15(2)11-17-8-7-16(3)20(23(17)21)10-9-19-13-18(26)14-22(27)29-19/h7-8,11,15-16,18-21,23,26H,6,9-10,12-14H2,1-5H3/t15-,16-,18+,19?,20-,21?,23-/m0/s1/i1D3,2D3,6D2,7D,8D,11D,12D2,14D2,15D,16D,26D. The fourth-order valence-electron chi connectivity index (χ4n) is 3.71. The fraction of sp³-hybridized carbons (Fsp3) is 0.760. The van der Waals surface area contributed by atoms with Gasteiger partial charge in [0.05, 0.1) is 22.0 Å². The zero-order chi connectivity index (χ0) is 37.6. The summed E-state index contributed by atoms with van der Waals surface area (Å²) in [7, 11) is 0. The van der Waals surface area contributed by atoms with Gasteiger partial charge in [-0.2, -0.15) is 0 Å². The number of carbonyl (C=O) groups excluding carboxylic acids is 2. The number of hydrogen-bond donors (Lipinski definition) is 1. The summed E-state index contributed by atoms with van der Waals surface area (Å²) in [6.07, 6.45) is -15.6. The van der Waals surface area contributed by atoms with Crippen LogP contribution < -0.4 is 0 Å². The van der Waals surface area contributed by atoms with Gasteiger partial charge < -0.3 is 14.6 Å². The molecular formula is C25H38O5. The molecule has 0 amide bonds. The Balaban J connectivity index is 2.26. The average molecular weight is 437 g/mol. The Hall–Kier alpha value is -1.62. The number of ether oxygens (including phenoxy) is 2. The molecule has 1 aliphatic heterocycles. The average Bonchev–Trinajstić information content (AvgIpc) is 2.92. The highest BCUT2D eigenvalue weighted by atomic mass is 16.6. The van der Waals surface area contributed by atoms with Gasteiger partial charge in [0.1, 0.15) is 12.2 Å². The molecule has 0 saturated carbocycles. The van der Waals surface area contributed by atoms with Crippen molar-refractivity contribution in [2.24, 2.45) is 29.0 Å². The van der Waals surface area contributed by atoms with E-state index in [4.69, 9.17) is 34.2 Å². The zero-order valence-corrected chi connectivity index (χ0v) is 17.0. The number of carbonyl (C=O) groups is 2. The first-order valence-corrected chi connectivity index (χ1v) is 9.73. The number of rotatable bonds is 7. The maximum Gasteiger partial charge on any atom is 0.311 e. The van der Waals surface area contributed by atoms with E-state index in [0.717, 1.165) is 20.8 Å². The summed E-state index contributed by atoms with van der Waals surface area (Å²) in [6.45, 7) is -4.16. The van der Waals surface area contributed by atoms with Gasteiger partial charge in [-0.15, -0.1) is 0 Å². The van der Waals surface area contributed by atoms with Crippen LogP contribution in [-0.4, -0.2) is 36.8 Å². The second-order valence-electron chi connectivity index (χ2n) is 8.17. The van der Waals surface area contributed by atoms with Crippen molar-refractivity contribution < 1.29 is 47.5 Å². The van der Waals surface area contributed by atoms with Gasteiger partial charge in [-0.05, 0) is 62.7 Å². The molecule has 30 heavy (non-hydrogen) atoms. The normalized spacial score (nSPS) is 55.8. The Morgan fingerprint density at radius 1 is 1.57 bits per heavy atom. The lowest BCUT2D eigenvalue weighted by Crippen LogP contribution is -2.43. The highest BCUT2D eigenvalue weighted by Gasteiger charge is 2.43. The molecule has 7 atom stereocenters. The van der Waals surface area contributed by atoms with E-state index in [-0.39, 0.29) is 19.3 Å². The summed E-state index contributed by atoms with van der Waals surface area (Å²) >= 11 is 0. The van der Waals surface area contributed by atoms with Gasteiger partial charge in [-0.25, -0.2) is 0 Å². The van der Waals surface area contributed by atoms with E-state index in [2.05, 4.69) is 5.11 Å². The summed E-state index contributed by atoms with van der Waals surface area (Å²) in [5, 5.41) is 4.39. The van der Waals surface area contributed by atoms with Crippen LogP contribution in [0.25, 0.3) is 0 Å². The first kappa shape index (κ1) is 9.09. The van der Waals surface area contributed by atoms with Crippen LogP contribution in [0, 0.1) is 29.0 Å². The predicted molar refractivity (Wildman–Crippen MR) is 115 cm³/mol. The molecular weight excluding hydrogens is 380 g/mol. The Labute approximate surface area is 206 Å². The van der Waals surface area contributed by atoms with Crippen molar-refractivity contribution in [1.29, 1.82) is 1.43 Å². The quantitative estimate of drug-likeness (QED) is 0.591. The number of aliphatic hydroxyl groups excluding tert-OH is 1. The van der Waals surface area contributed by atoms with Crippen molar-refractivity contribution in [3.05, 3.63) is 23.7 Å². The van der Waals surface area contributed by atoms with Crippen LogP contribution in [0.15, 0.2) is 23.7 Å². The molecule has 0 bridgehead atoms. The number of aliphatic hydroxyl groups is 1. The third-order valence-electron chi connectivity index (χ3n) is 5.48. The minimum absolute atomic E-state index is 0.249. The van der Waals surface area contributed by atoms with E-state index < -0.39 is 116 Å². The van der Waals surface area contributed by atoms with E-state index in [1.807, 2.05) is 0 Å². The molecule has 2 unspecified atom stereocenters. The van der Waals surface area contributed by atoms with E-state index in [1.54, 1.807) is 0 Å². The molecule has 3 rings (SSSR count). The van der Waals surface area contributed by atoms with E-state index in [0.29, 0.717) is 0 Å². The summed E-state index contributed by atoms with van der Waals surface area (Å²) in [6, 6.07) is -2.89. The van der Waals surface area contributed by atoms with Gasteiger partial charge >= 0.3 is 11.9 Å². The fourth-order valence-corrected chi connectivity index (χ4v) is 3.71. The predicted octanol–water partition coefficient (Wildman–Crippen LogP) is 4.59. The molecule has 0 aromatic rings. The van der Waals surface area contributed by atoms with Gasteiger partial charge in [0.25, 0.3) is 0 Å². The summed E-state index contributed by atoms with van der Waals surface area (Å²) in [5.74, 6) is -12.0. The van der Waals surface area contributed by atoms with Gasteiger partial charge in [0.15, 0.2) is 0 Å². The van der Waals surface area contributed by atoms with E-state index in [1.165, 1.54) is 0 Å². The van der Waals surface area contributed by atoms with E-state index >= 15 is 0 Å². The van der Waals surface area contributed by atoms with Crippen LogP contribution in [0.4, 0.5) is 0 Å². The summed E-state index contributed by atoms with van der Waals surface area (Å²) in [5.41, 5.74) is -3.24. The molecule has 5 heteroatoms. The van der Waals surface area contributed by atoms with Crippen LogP contribution in [0.3, 0.4) is 0 Å². The Morgan fingerprint density at radius 2 is 2.40 bits per heavy atom. The lowest BCUT2D eigenvalue weighted by Gasteiger charge is -2.44. The third kappa shape index (κ3) is 5.16. The van der Waals surface area contributed by atoms with Crippen molar-refractivity contribution in [2.75, 3.05) is 0 Å². The molecule has 168 valence electrons. The Bertz CT molecular complexity index is 1380. The SMILES string of the molecule is [2H]O[C@@H]1CC(CC[C@@H]2[C@@H]3C(=C([2H])[C@]([2H])(C([2H])([2H])[2H])C([2H])([2H])C3OC(=O)C(C)(C)C([2H])([2H])C([2H])([2H])[2H])C([2H])=C([2H])[C@]2([2H])C)OC(=O)C1([2H])[2H]. The molecule has 0 radical (unpaired) electrons. The van der Waals surface area contributed by atoms with Crippen molar-refractivity contribution in [2.45, 2.75) is 91.2 Å². The number of hydrogen-bond acceptors (Lipinski definition) is 5. The second-order valence-corrected chi connectivity index (χ2v) is 8.17. The van der Waals surface area contributed by atoms with Crippen LogP contribution in [0.5, 0.6) is 0 Å². The lowest BCUT2D eigenvalue weighted by atomic mass is 9.65. The van der Waals surface area contributed by atoms with E-state index in [9.17, 15) is 9.59 Å². The number of cyclic esters (lactones) is 1. The molecule has 2 aliphatic carbocycles. The van der Waals surface area contributed by atoms with Crippen molar-refractivity contribution >= 4 is 11.9 Å². The molecule has 3 aliphatic rings. The number of esters is 2. The molecule has 0 aromatic carbocycles. The Morgan fingerprint density at radius 3 is 3.13 bits per heavy atom. The second kappa shape index (κ2) is 9.25. The van der Waals surface area contributed by atoms with Crippen molar-refractivity contribution in [1.82, 2.24) is 0 Å². The van der Waals surface area contributed by atoms with Crippen LogP contribution in [-0.2, 0) is 19.1 Å². The minimum Gasteiger partial charge on any atom is -0.462 e. The molecule has 1 N–H and O–H groups in total. The number of allylic oxidation sites excluding steroid dienone is 3. The summed E-state index contributed by atoms with van der Waals surface area (Å²) < 4.78 is 159. The molecule has 1 heterocycles. The largest absolute Gasteiger partial charge is 0.462 e. The van der Waals surface area contributed by atoms with Crippen molar-refractivity contribution in [3.63, 3.8) is 0 Å². The first-order chi connectivity index (χ1) is 21.3. The Kier molecular flexibility index (Phi) is 2.80. The minimum atomic E-state index is -3.65. The van der Waals surface area contributed by atoms with Crippen LogP contribution >= 0.6 is 0 Å². The van der Waals surface area contributed by atoms with Crippen LogP contribution in [0.2, 0.25) is 0 Å². The maximum atomic E-state index is 13.7. The third-order valence-corrected chi connectivity index (χ3v) is 5.48. The molecule has 0 spiro atoms. The molecule has 1 saturated heterocycles. The molecule has 1 fully saturated rings.